The number of nitrogens with two attached hydrogens (primary N) is 2. The average molecular weight is 735 g/mol. The van der Waals surface area contributed by atoms with Gasteiger partial charge in [0.15, 0.2) is 0 Å². The fraction of sp³-hybridized carbons (Fsp3) is 0.854. The number of hydrogen-bond acceptors (Lipinski definition) is 5. The molecular formula is C48H82N2O3. The van der Waals surface area contributed by atoms with Gasteiger partial charge < -0.3 is 20.9 Å². The number of hydrogen-bond donors (Lipinski definition) is 2. The minimum absolute atomic E-state index is 0.0372. The highest BCUT2D eigenvalue weighted by Crippen LogP contribution is 2.68. The van der Waals surface area contributed by atoms with Crippen molar-refractivity contribution in [2.24, 2.45) is 46.3 Å². The molecule has 0 saturated heterocycles. The van der Waals surface area contributed by atoms with E-state index in [1.807, 2.05) is 12.1 Å². The number of unbranched alkanes of at least 4 members (excludes halogenated alkanes) is 13. The van der Waals surface area contributed by atoms with Gasteiger partial charge in [-0.3, -0.25) is 4.79 Å². The minimum atomic E-state index is 0.0372. The number of rotatable bonds is 23. The van der Waals surface area contributed by atoms with Crippen LogP contribution in [-0.2, 0) is 20.7 Å². The third kappa shape index (κ3) is 11.4. The van der Waals surface area contributed by atoms with Crippen LogP contribution in [0.5, 0.6) is 0 Å². The molecule has 0 spiro atoms. The molecule has 4 aliphatic rings. The van der Waals surface area contributed by atoms with Crippen molar-refractivity contribution in [1.82, 2.24) is 0 Å². The summed E-state index contributed by atoms with van der Waals surface area (Å²) in [6, 6.07) is 5.85. The van der Waals surface area contributed by atoms with Crippen molar-refractivity contribution in [3.8, 4) is 0 Å². The normalized spacial score (nSPS) is 31.4. The predicted molar refractivity (Wildman–Crippen MR) is 224 cm³/mol. The van der Waals surface area contributed by atoms with E-state index >= 15 is 0 Å². The quantitative estimate of drug-likeness (QED) is 0.0664. The third-order valence-corrected chi connectivity index (χ3v) is 15.8. The van der Waals surface area contributed by atoms with Gasteiger partial charge >= 0.3 is 5.97 Å². The largest absolute Gasteiger partial charge is 0.466 e. The van der Waals surface area contributed by atoms with Gasteiger partial charge in [0.05, 0.1) is 19.3 Å². The summed E-state index contributed by atoms with van der Waals surface area (Å²) in [5.41, 5.74) is 15.6. The Kier molecular flexibility index (Phi) is 16.8. The topological polar surface area (TPSA) is 87.6 Å². The maximum atomic E-state index is 12.7. The molecular weight excluding hydrogens is 653 g/mol. The maximum Gasteiger partial charge on any atom is 0.305 e. The van der Waals surface area contributed by atoms with E-state index in [1.54, 1.807) is 0 Å². The van der Waals surface area contributed by atoms with E-state index in [0.29, 0.717) is 35.9 Å². The summed E-state index contributed by atoms with van der Waals surface area (Å²) in [6.45, 7) is 11.4. The van der Waals surface area contributed by atoms with Gasteiger partial charge in [-0.15, -0.1) is 0 Å². The Bertz CT molecular complexity index is 1240. The van der Waals surface area contributed by atoms with Gasteiger partial charge in [0.2, 0.25) is 0 Å². The second-order valence-corrected chi connectivity index (χ2v) is 19.2. The number of fused-ring (bicyclic) bond motifs is 5. The predicted octanol–water partition coefficient (Wildman–Crippen LogP) is 12.9. The summed E-state index contributed by atoms with van der Waals surface area (Å²) in [5, 5.41) is 0. The molecule has 0 aromatic heterocycles. The zero-order valence-corrected chi connectivity index (χ0v) is 35.0. The molecule has 4 fully saturated rings. The van der Waals surface area contributed by atoms with E-state index in [0.717, 1.165) is 72.4 Å². The number of carbonyl (C=O) groups excluding carboxylic acids is 1. The van der Waals surface area contributed by atoms with Crippen molar-refractivity contribution in [2.45, 2.75) is 201 Å². The lowest BCUT2D eigenvalue weighted by Gasteiger charge is -2.61. The van der Waals surface area contributed by atoms with Crippen molar-refractivity contribution in [1.29, 1.82) is 0 Å². The molecule has 0 amide bonds. The van der Waals surface area contributed by atoms with Crippen molar-refractivity contribution >= 4 is 17.3 Å². The van der Waals surface area contributed by atoms with Crippen LogP contribution in [-0.4, -0.2) is 25.3 Å². The molecule has 4 N–H and O–H groups in total. The number of carbonyl (C=O) groups is 1. The van der Waals surface area contributed by atoms with Gasteiger partial charge in [-0.2, -0.15) is 0 Å². The highest BCUT2D eigenvalue weighted by molar-refractivity contribution is 5.69. The van der Waals surface area contributed by atoms with Crippen LogP contribution in [0.1, 0.15) is 194 Å². The molecule has 0 heterocycles. The SMILES string of the molecule is CCCCCCCCCCCCCCCCOC(=O)CCC(C)[C@H]1CC[C@H]2[C@@H]3CCC4CC(OCCc5ccc(N)cc5N)CC[C@]4(C)[C@H]3CC[C@]12C. The van der Waals surface area contributed by atoms with Gasteiger partial charge in [0.1, 0.15) is 0 Å². The number of benzene rings is 1. The fourth-order valence-corrected chi connectivity index (χ4v) is 12.6. The summed E-state index contributed by atoms with van der Waals surface area (Å²) in [4.78, 5) is 12.7. The van der Waals surface area contributed by atoms with Crippen LogP contribution in [0.25, 0.3) is 0 Å². The summed E-state index contributed by atoms with van der Waals surface area (Å²) >= 11 is 0. The molecule has 302 valence electrons. The Balaban J connectivity index is 0.948. The number of nitrogen functional groups attached to an aromatic ring is 2. The van der Waals surface area contributed by atoms with Gasteiger partial charge in [0, 0.05) is 17.8 Å². The molecule has 1 aromatic carbocycles. The first-order valence-electron chi connectivity index (χ1n) is 23.1. The minimum Gasteiger partial charge on any atom is -0.466 e. The lowest BCUT2D eigenvalue weighted by molar-refractivity contribution is -0.145. The molecule has 4 aliphatic carbocycles. The van der Waals surface area contributed by atoms with E-state index in [2.05, 4.69) is 33.8 Å². The van der Waals surface area contributed by atoms with E-state index in [4.69, 9.17) is 20.9 Å². The molecule has 5 rings (SSSR count). The van der Waals surface area contributed by atoms with E-state index in [1.165, 1.54) is 141 Å². The van der Waals surface area contributed by atoms with Gasteiger partial charge in [0.25, 0.3) is 0 Å². The highest BCUT2D eigenvalue weighted by atomic mass is 16.5. The molecule has 53 heavy (non-hydrogen) atoms. The van der Waals surface area contributed by atoms with Crippen LogP contribution in [0.2, 0.25) is 0 Å². The van der Waals surface area contributed by atoms with Crippen LogP contribution < -0.4 is 11.5 Å². The monoisotopic (exact) mass is 735 g/mol. The standard InChI is InChI=1S/C48H82N2O3/c1-5-6-7-8-9-10-11-12-13-14-15-16-17-18-32-53-46(51)26-19-36(2)42-24-25-43-41-23-21-38-34-40(52-33-29-37-20-22-39(49)35-45(37)50)27-30-47(38,3)44(41)28-31-48(42,43)4/h20,22,35-36,38,40-44H,5-19,21,23-34,49-50H2,1-4H3/t36?,38?,40?,41-,42+,43-,44-,47-,48+/m0/s1. The van der Waals surface area contributed by atoms with Crippen molar-refractivity contribution in [3.05, 3.63) is 23.8 Å². The molecule has 9 atom stereocenters. The second kappa shape index (κ2) is 21.0. The highest BCUT2D eigenvalue weighted by Gasteiger charge is 2.60. The molecule has 3 unspecified atom stereocenters. The molecule has 5 heteroatoms. The number of anilines is 2. The number of esters is 1. The van der Waals surface area contributed by atoms with E-state index in [9.17, 15) is 4.79 Å². The van der Waals surface area contributed by atoms with Gasteiger partial charge in [-0.25, -0.2) is 0 Å². The average Bonchev–Trinajstić information content (AvgIpc) is 3.50. The molecule has 0 bridgehead atoms. The maximum absolute atomic E-state index is 12.7. The van der Waals surface area contributed by atoms with Crippen LogP contribution in [0.4, 0.5) is 11.4 Å². The molecule has 5 nitrogen and oxygen atoms in total. The van der Waals surface area contributed by atoms with Crippen LogP contribution in [0, 0.1) is 46.3 Å². The van der Waals surface area contributed by atoms with Crippen molar-refractivity contribution in [2.75, 3.05) is 24.7 Å². The molecule has 4 saturated carbocycles. The Hall–Kier alpha value is -1.75. The smallest absolute Gasteiger partial charge is 0.305 e. The molecule has 0 aliphatic heterocycles. The van der Waals surface area contributed by atoms with Crippen LogP contribution >= 0.6 is 0 Å². The summed E-state index contributed by atoms with van der Waals surface area (Å²) in [7, 11) is 0. The number of ether oxygens (including phenoxy) is 2. The Labute approximate surface area is 326 Å². The third-order valence-electron chi connectivity index (χ3n) is 15.8. The Morgan fingerprint density at radius 3 is 2.09 bits per heavy atom. The molecule has 0 radical (unpaired) electrons. The van der Waals surface area contributed by atoms with Gasteiger partial charge in [-0.1, -0.05) is 117 Å². The fourth-order valence-electron chi connectivity index (χ4n) is 12.6. The first-order chi connectivity index (χ1) is 25.7. The first kappa shape index (κ1) is 42.4. The van der Waals surface area contributed by atoms with Crippen LogP contribution in [0.3, 0.4) is 0 Å². The lowest BCUT2D eigenvalue weighted by atomic mass is 9.44. The lowest BCUT2D eigenvalue weighted by Crippen LogP contribution is -2.54. The molecule has 1 aromatic rings. The summed E-state index contributed by atoms with van der Waals surface area (Å²) in [5.74, 6) is 4.78. The van der Waals surface area contributed by atoms with Gasteiger partial charge in [-0.05, 0) is 141 Å². The van der Waals surface area contributed by atoms with Crippen molar-refractivity contribution in [3.63, 3.8) is 0 Å². The zero-order chi connectivity index (χ0) is 37.7. The van der Waals surface area contributed by atoms with Crippen LogP contribution in [0.15, 0.2) is 18.2 Å². The zero-order valence-electron chi connectivity index (χ0n) is 35.0. The van der Waals surface area contributed by atoms with Crippen molar-refractivity contribution < 1.29 is 14.3 Å². The Morgan fingerprint density at radius 2 is 1.42 bits per heavy atom. The van der Waals surface area contributed by atoms with E-state index in [-0.39, 0.29) is 5.97 Å². The first-order valence-corrected chi connectivity index (χ1v) is 23.1. The second-order valence-electron chi connectivity index (χ2n) is 19.2. The summed E-state index contributed by atoms with van der Waals surface area (Å²) in [6.07, 6.45) is 33.8. The van der Waals surface area contributed by atoms with E-state index < -0.39 is 0 Å². The Morgan fingerprint density at radius 1 is 0.774 bits per heavy atom. The summed E-state index contributed by atoms with van der Waals surface area (Å²) < 4.78 is 12.2.